The van der Waals surface area contributed by atoms with Crippen molar-refractivity contribution >= 4 is 11.6 Å². The summed E-state index contributed by atoms with van der Waals surface area (Å²) in [5.74, 6) is -1.86. The third kappa shape index (κ3) is 1.37. The highest BCUT2D eigenvalue weighted by Gasteiger charge is 2.96. The molecule has 0 spiro atoms. The molecule has 9 nitrogen and oxygen atoms in total. The first-order chi connectivity index (χ1) is 12.0. The second kappa shape index (κ2) is 4.41. The van der Waals surface area contributed by atoms with Gasteiger partial charge in [-0.05, 0) is 18.2 Å². The number of amides is 1. The smallest absolute Gasteiger partial charge is 0.246 e. The Morgan fingerprint density at radius 1 is 1.24 bits per heavy atom. The molecule has 2 fully saturated rings. The highest BCUT2D eigenvalue weighted by molar-refractivity contribution is 6.15. The Morgan fingerprint density at radius 3 is 2.56 bits per heavy atom. The van der Waals surface area contributed by atoms with Crippen molar-refractivity contribution in [2.45, 2.75) is 5.79 Å². The summed E-state index contributed by atoms with van der Waals surface area (Å²) in [6.07, 6.45) is 0. The van der Waals surface area contributed by atoms with Crippen molar-refractivity contribution in [3.8, 4) is 23.6 Å². The molecule has 3 aliphatic rings. The van der Waals surface area contributed by atoms with Crippen molar-refractivity contribution in [1.82, 2.24) is 10.7 Å². The number of piperidine rings is 1. The summed E-state index contributed by atoms with van der Waals surface area (Å²) in [6, 6.07) is 9.22. The summed E-state index contributed by atoms with van der Waals surface area (Å²) < 4.78 is 10.5. The predicted octanol–water partition coefficient (Wildman–Crippen LogP) is -0.597. The molecule has 126 valence electrons. The van der Waals surface area contributed by atoms with E-state index in [1.807, 2.05) is 6.07 Å². The molecule has 0 aromatic heterocycles. The van der Waals surface area contributed by atoms with E-state index in [-0.39, 0.29) is 0 Å². The molecule has 0 bridgehead atoms. The van der Waals surface area contributed by atoms with Gasteiger partial charge in [-0.15, -0.1) is 0 Å². The van der Waals surface area contributed by atoms with Crippen LogP contribution in [0.2, 0.25) is 0 Å². The first-order valence-corrected chi connectivity index (χ1v) is 7.47. The fourth-order valence-corrected chi connectivity index (χ4v) is 4.11. The maximum atomic E-state index is 12.4. The molecule has 1 aromatic rings. The SMILES string of the molecule is COc1ccc(C2=NNC3(N)NC(=O)C4(C#N)C2C34C#N)cc1OC. The van der Waals surface area contributed by atoms with Crippen molar-refractivity contribution in [3.05, 3.63) is 23.8 Å². The van der Waals surface area contributed by atoms with Crippen molar-refractivity contribution in [2.75, 3.05) is 14.2 Å². The summed E-state index contributed by atoms with van der Waals surface area (Å²) in [7, 11) is 3.02. The van der Waals surface area contributed by atoms with Crippen molar-refractivity contribution in [2.24, 2.45) is 27.6 Å². The van der Waals surface area contributed by atoms with E-state index in [4.69, 9.17) is 15.2 Å². The Kier molecular flexibility index (Phi) is 2.69. The van der Waals surface area contributed by atoms with E-state index in [0.29, 0.717) is 22.8 Å². The van der Waals surface area contributed by atoms with Gasteiger partial charge in [0.2, 0.25) is 11.7 Å². The highest BCUT2D eigenvalue weighted by atomic mass is 16.5. The van der Waals surface area contributed by atoms with Gasteiger partial charge >= 0.3 is 0 Å². The molecular weight excluding hydrogens is 324 g/mol. The third-order valence-corrected chi connectivity index (χ3v) is 5.35. The number of hydrogen-bond donors (Lipinski definition) is 3. The van der Waals surface area contributed by atoms with Crippen LogP contribution in [-0.4, -0.2) is 31.6 Å². The topological polar surface area (TPSA) is 146 Å². The number of nitriles is 2. The van der Waals surface area contributed by atoms with E-state index in [1.54, 1.807) is 18.2 Å². The predicted molar refractivity (Wildman–Crippen MR) is 83.9 cm³/mol. The minimum atomic E-state index is -1.57. The molecule has 4 unspecified atom stereocenters. The monoisotopic (exact) mass is 338 g/mol. The molecule has 1 aromatic carbocycles. The number of methoxy groups -OCH3 is 2. The number of carbonyl (C=O) groups is 1. The zero-order valence-electron chi connectivity index (χ0n) is 13.5. The van der Waals surface area contributed by atoms with E-state index in [9.17, 15) is 15.3 Å². The van der Waals surface area contributed by atoms with Gasteiger partial charge in [-0.3, -0.25) is 16.0 Å². The van der Waals surface area contributed by atoms with E-state index in [2.05, 4.69) is 21.9 Å². The number of benzene rings is 1. The van der Waals surface area contributed by atoms with E-state index in [1.165, 1.54) is 14.2 Å². The summed E-state index contributed by atoms with van der Waals surface area (Å²) in [4.78, 5) is 12.4. The normalized spacial score (nSPS) is 36.8. The van der Waals surface area contributed by atoms with Gasteiger partial charge < -0.3 is 14.8 Å². The molecule has 2 heterocycles. The fraction of sp³-hybridized carbons (Fsp3) is 0.375. The number of hydrogen-bond acceptors (Lipinski definition) is 8. The number of nitrogens with zero attached hydrogens (tertiary/aromatic N) is 3. The summed E-state index contributed by atoms with van der Waals surface area (Å²) in [5, 5.41) is 26.2. The standard InChI is InChI=1S/C16H14N6O3/c1-24-9-4-3-8(5-10(9)25-2)11-12-14(6-17)13(23)20-16(19,22-21-11)15(12,14)7-18/h3-5,12,22H,19H2,1-2H3,(H,20,23). The van der Waals surface area contributed by atoms with Crippen molar-refractivity contribution in [1.29, 1.82) is 10.5 Å². The Bertz CT molecular complexity index is 931. The quantitative estimate of drug-likeness (QED) is 0.667. The lowest BCUT2D eigenvalue weighted by Crippen LogP contribution is -2.68. The van der Waals surface area contributed by atoms with Crippen LogP contribution < -0.4 is 25.9 Å². The Morgan fingerprint density at radius 2 is 1.96 bits per heavy atom. The average Bonchev–Trinajstić information content (AvgIpc) is 3.21. The van der Waals surface area contributed by atoms with Crippen molar-refractivity contribution < 1.29 is 14.3 Å². The van der Waals surface area contributed by atoms with Gasteiger partial charge in [0.15, 0.2) is 22.3 Å². The number of fused-ring (bicyclic) bond motifs is 1. The number of carbonyl (C=O) groups excluding carboxylic acids is 1. The molecule has 1 amide bonds. The molecule has 1 saturated heterocycles. The molecule has 9 heteroatoms. The van der Waals surface area contributed by atoms with Crippen LogP contribution in [0.3, 0.4) is 0 Å². The Labute approximate surface area is 143 Å². The van der Waals surface area contributed by atoms with Crippen LogP contribution in [0.15, 0.2) is 23.3 Å². The summed E-state index contributed by atoms with van der Waals surface area (Å²) in [5.41, 5.74) is 6.86. The van der Waals surface area contributed by atoms with Crippen LogP contribution in [0.1, 0.15) is 5.56 Å². The van der Waals surface area contributed by atoms with Gasteiger partial charge in [0.1, 0.15) is 0 Å². The summed E-state index contributed by atoms with van der Waals surface area (Å²) in [6.45, 7) is 0. The lowest BCUT2D eigenvalue weighted by atomic mass is 9.90. The van der Waals surface area contributed by atoms with Gasteiger partial charge in [-0.2, -0.15) is 15.6 Å². The maximum Gasteiger partial charge on any atom is 0.246 e. The van der Waals surface area contributed by atoms with Crippen LogP contribution in [0.5, 0.6) is 11.5 Å². The molecule has 1 saturated carbocycles. The van der Waals surface area contributed by atoms with Gasteiger partial charge in [0.05, 0.1) is 38.0 Å². The zero-order chi connectivity index (χ0) is 18.0. The van der Waals surface area contributed by atoms with Gasteiger partial charge in [0, 0.05) is 5.56 Å². The molecule has 1 aliphatic carbocycles. The first-order valence-electron chi connectivity index (χ1n) is 7.47. The Hall–Kier alpha value is -3.30. The van der Waals surface area contributed by atoms with Gasteiger partial charge in [-0.1, -0.05) is 0 Å². The molecule has 0 radical (unpaired) electrons. The summed E-state index contributed by atoms with van der Waals surface area (Å²) >= 11 is 0. The highest BCUT2D eigenvalue weighted by Crippen LogP contribution is 2.76. The maximum absolute atomic E-state index is 12.4. The minimum absolute atomic E-state index is 0.417. The second-order valence-corrected chi connectivity index (χ2v) is 6.21. The molecule has 4 atom stereocenters. The van der Waals surface area contributed by atoms with Crippen LogP contribution in [0, 0.1) is 39.4 Å². The van der Waals surface area contributed by atoms with Crippen LogP contribution in [0.25, 0.3) is 0 Å². The number of hydrazone groups is 1. The number of nitrogens with two attached hydrogens (primary N) is 1. The van der Waals surface area contributed by atoms with E-state index >= 15 is 0 Å². The molecule has 25 heavy (non-hydrogen) atoms. The van der Waals surface area contributed by atoms with E-state index in [0.717, 1.165) is 0 Å². The molecular formula is C16H14N6O3. The zero-order valence-corrected chi connectivity index (χ0v) is 13.5. The largest absolute Gasteiger partial charge is 0.493 e. The second-order valence-electron chi connectivity index (χ2n) is 6.21. The van der Waals surface area contributed by atoms with Gasteiger partial charge in [0.25, 0.3) is 0 Å². The van der Waals surface area contributed by atoms with Crippen LogP contribution in [0.4, 0.5) is 0 Å². The molecule has 4 rings (SSSR count). The van der Waals surface area contributed by atoms with E-state index < -0.39 is 28.4 Å². The number of nitrogens with one attached hydrogen (secondary N) is 2. The molecule has 2 aliphatic heterocycles. The number of ether oxygens (including phenoxy) is 2. The average molecular weight is 338 g/mol. The minimum Gasteiger partial charge on any atom is -0.493 e. The number of rotatable bonds is 3. The van der Waals surface area contributed by atoms with Gasteiger partial charge in [-0.25, -0.2) is 0 Å². The van der Waals surface area contributed by atoms with Crippen LogP contribution in [-0.2, 0) is 4.79 Å². The molecule has 4 N–H and O–H groups in total. The third-order valence-electron chi connectivity index (χ3n) is 5.35. The lowest BCUT2D eigenvalue weighted by Gasteiger charge is -2.35. The van der Waals surface area contributed by atoms with Crippen molar-refractivity contribution in [3.63, 3.8) is 0 Å². The van der Waals surface area contributed by atoms with Crippen LogP contribution >= 0.6 is 0 Å². The Balaban J connectivity index is 1.88. The fourth-order valence-electron chi connectivity index (χ4n) is 4.11. The lowest BCUT2D eigenvalue weighted by molar-refractivity contribution is -0.124. The first kappa shape index (κ1) is 15.2.